The number of carbonyl (C=O) groups is 1. The number of rotatable bonds is 8. The zero-order valence-corrected chi connectivity index (χ0v) is 13.4. The molecule has 2 aromatic rings. The summed E-state index contributed by atoms with van der Waals surface area (Å²) in [7, 11) is 0. The predicted octanol–water partition coefficient (Wildman–Crippen LogP) is 3.22. The Bertz CT molecular complexity index is 596. The van der Waals surface area contributed by atoms with Crippen LogP contribution in [0.3, 0.4) is 0 Å². The number of hydrogen-bond donors (Lipinski definition) is 2. The third kappa shape index (κ3) is 5.75. The quantitative estimate of drug-likeness (QED) is 0.787. The number of nitrogens with one attached hydrogen (secondary N) is 1. The van der Waals surface area contributed by atoms with Crippen LogP contribution in [0.5, 0.6) is 5.75 Å². The lowest BCUT2D eigenvalue weighted by molar-refractivity contribution is -0.123. The molecule has 122 valence electrons. The van der Waals surface area contributed by atoms with Crippen LogP contribution >= 0.6 is 0 Å². The summed E-state index contributed by atoms with van der Waals surface area (Å²) in [5, 5.41) is 12.8. The van der Waals surface area contributed by atoms with E-state index in [9.17, 15) is 9.90 Å². The fourth-order valence-electron chi connectivity index (χ4n) is 2.16. The molecule has 0 bridgehead atoms. The van der Waals surface area contributed by atoms with Crippen LogP contribution < -0.4 is 10.1 Å². The summed E-state index contributed by atoms with van der Waals surface area (Å²) >= 11 is 0. The normalized spacial score (nSPS) is 11.7. The molecule has 0 radical (unpaired) electrons. The number of aliphatic hydroxyl groups is 1. The number of benzene rings is 2. The van der Waals surface area contributed by atoms with Gasteiger partial charge in [0.25, 0.3) is 0 Å². The van der Waals surface area contributed by atoms with Crippen LogP contribution in [0.25, 0.3) is 0 Å². The number of ether oxygens (including phenoxy) is 1. The van der Waals surface area contributed by atoms with E-state index in [-0.39, 0.29) is 12.3 Å². The van der Waals surface area contributed by atoms with Crippen molar-refractivity contribution in [2.75, 3.05) is 6.54 Å². The molecule has 23 heavy (non-hydrogen) atoms. The average Bonchev–Trinajstić information content (AvgIpc) is 2.59. The first-order chi connectivity index (χ1) is 11.2. The lowest BCUT2D eigenvalue weighted by Crippen LogP contribution is -2.25. The van der Waals surface area contributed by atoms with Crippen LogP contribution in [0.2, 0.25) is 0 Å². The zero-order valence-electron chi connectivity index (χ0n) is 13.4. The van der Waals surface area contributed by atoms with Gasteiger partial charge >= 0.3 is 0 Å². The van der Waals surface area contributed by atoms with Crippen LogP contribution in [0.15, 0.2) is 54.6 Å². The maximum atomic E-state index is 11.6. The largest absolute Gasteiger partial charge is 0.489 e. The Hall–Kier alpha value is -2.33. The fraction of sp³-hybridized carbons (Fsp3) is 0.316. The van der Waals surface area contributed by atoms with Crippen molar-refractivity contribution in [3.8, 4) is 5.75 Å². The number of hydrogen-bond acceptors (Lipinski definition) is 3. The van der Waals surface area contributed by atoms with Gasteiger partial charge in [0, 0.05) is 6.54 Å². The molecule has 0 aromatic heterocycles. The van der Waals surface area contributed by atoms with E-state index in [1.165, 1.54) is 0 Å². The molecule has 0 heterocycles. The highest BCUT2D eigenvalue weighted by Crippen LogP contribution is 2.20. The summed E-state index contributed by atoms with van der Waals surface area (Å²) < 4.78 is 5.70. The molecule has 0 saturated heterocycles. The third-order valence-corrected chi connectivity index (χ3v) is 3.46. The summed E-state index contributed by atoms with van der Waals surface area (Å²) in [4.78, 5) is 11.6. The van der Waals surface area contributed by atoms with Gasteiger partial charge in [-0.2, -0.15) is 0 Å². The summed E-state index contributed by atoms with van der Waals surface area (Å²) in [5.41, 5.74) is 1.81. The van der Waals surface area contributed by atoms with Crippen molar-refractivity contribution in [3.05, 3.63) is 65.7 Å². The molecule has 4 nitrogen and oxygen atoms in total. The lowest BCUT2D eigenvalue weighted by atomic mass is 10.1. The topological polar surface area (TPSA) is 58.6 Å². The van der Waals surface area contributed by atoms with Crippen LogP contribution in [0.4, 0.5) is 0 Å². The molecule has 4 heteroatoms. The smallest absolute Gasteiger partial charge is 0.222 e. The molecular weight excluding hydrogens is 290 g/mol. The van der Waals surface area contributed by atoms with E-state index in [0.717, 1.165) is 17.7 Å². The molecule has 2 N–H and O–H groups in total. The minimum absolute atomic E-state index is 0.0736. The number of amides is 1. The monoisotopic (exact) mass is 313 g/mol. The minimum Gasteiger partial charge on any atom is -0.489 e. The van der Waals surface area contributed by atoms with E-state index >= 15 is 0 Å². The van der Waals surface area contributed by atoms with Crippen LogP contribution in [-0.4, -0.2) is 17.6 Å². The molecule has 0 aliphatic heterocycles. The van der Waals surface area contributed by atoms with E-state index in [2.05, 4.69) is 5.32 Å². The van der Waals surface area contributed by atoms with Gasteiger partial charge in [0.15, 0.2) is 0 Å². The molecule has 1 unspecified atom stereocenters. The van der Waals surface area contributed by atoms with Crippen molar-refractivity contribution >= 4 is 5.91 Å². The standard InChI is InChI=1S/C19H23NO3/c1-2-12-20-19(22)13-18(21)16-8-10-17(11-9-16)23-14-15-6-4-3-5-7-15/h3-11,18,21H,2,12-14H2,1H3,(H,20,22). The highest BCUT2D eigenvalue weighted by Gasteiger charge is 2.12. The van der Waals surface area contributed by atoms with E-state index < -0.39 is 6.10 Å². The minimum atomic E-state index is -0.796. The van der Waals surface area contributed by atoms with Gasteiger partial charge in [-0.3, -0.25) is 4.79 Å². The highest BCUT2D eigenvalue weighted by atomic mass is 16.5. The molecule has 2 rings (SSSR count). The maximum absolute atomic E-state index is 11.6. The van der Waals surface area contributed by atoms with E-state index in [4.69, 9.17) is 4.74 Å². The van der Waals surface area contributed by atoms with E-state index in [1.54, 1.807) is 12.1 Å². The Kier molecular flexibility index (Phi) is 6.63. The van der Waals surface area contributed by atoms with Crippen molar-refractivity contribution in [3.63, 3.8) is 0 Å². The zero-order chi connectivity index (χ0) is 16.5. The fourth-order valence-corrected chi connectivity index (χ4v) is 2.16. The number of carbonyl (C=O) groups excluding carboxylic acids is 1. The van der Waals surface area contributed by atoms with E-state index in [0.29, 0.717) is 18.7 Å². The highest BCUT2D eigenvalue weighted by molar-refractivity contribution is 5.76. The summed E-state index contributed by atoms with van der Waals surface area (Å²) in [5.74, 6) is 0.601. The summed E-state index contributed by atoms with van der Waals surface area (Å²) in [6, 6.07) is 17.1. The van der Waals surface area contributed by atoms with Gasteiger partial charge in [0.2, 0.25) is 5.91 Å². The Morgan fingerprint density at radius 2 is 1.83 bits per heavy atom. The van der Waals surface area contributed by atoms with Gasteiger partial charge < -0.3 is 15.2 Å². The molecular formula is C19H23NO3. The lowest BCUT2D eigenvalue weighted by Gasteiger charge is -2.12. The molecule has 2 aromatic carbocycles. The molecule has 1 atom stereocenters. The van der Waals surface area contributed by atoms with Crippen LogP contribution in [0, 0.1) is 0 Å². The van der Waals surface area contributed by atoms with Crippen molar-refractivity contribution in [1.82, 2.24) is 5.32 Å². The van der Waals surface area contributed by atoms with Gasteiger partial charge in [0.1, 0.15) is 12.4 Å². The Morgan fingerprint density at radius 3 is 2.48 bits per heavy atom. The van der Waals surface area contributed by atoms with Gasteiger partial charge in [0.05, 0.1) is 12.5 Å². The predicted molar refractivity (Wildman–Crippen MR) is 90.1 cm³/mol. The van der Waals surface area contributed by atoms with Gasteiger partial charge in [-0.25, -0.2) is 0 Å². The molecule has 0 spiro atoms. The SMILES string of the molecule is CCCNC(=O)CC(O)c1ccc(OCc2ccccc2)cc1. The van der Waals surface area contributed by atoms with Crippen molar-refractivity contribution in [1.29, 1.82) is 0 Å². The van der Waals surface area contributed by atoms with Crippen molar-refractivity contribution in [2.24, 2.45) is 0 Å². The molecule has 1 amide bonds. The van der Waals surface area contributed by atoms with E-state index in [1.807, 2.05) is 49.4 Å². The third-order valence-electron chi connectivity index (χ3n) is 3.46. The van der Waals surface area contributed by atoms with Gasteiger partial charge in [-0.05, 0) is 29.7 Å². The first-order valence-corrected chi connectivity index (χ1v) is 7.90. The first kappa shape index (κ1) is 17.0. The molecule has 0 fully saturated rings. The van der Waals surface area contributed by atoms with Gasteiger partial charge in [-0.1, -0.05) is 49.4 Å². The molecule has 0 saturated carbocycles. The Balaban J connectivity index is 1.85. The van der Waals surface area contributed by atoms with Crippen molar-refractivity contribution in [2.45, 2.75) is 32.5 Å². The Labute approximate surface area is 137 Å². The summed E-state index contributed by atoms with van der Waals surface area (Å²) in [6.07, 6.45) is 0.162. The van der Waals surface area contributed by atoms with Crippen LogP contribution in [-0.2, 0) is 11.4 Å². The van der Waals surface area contributed by atoms with Crippen LogP contribution in [0.1, 0.15) is 37.0 Å². The molecule has 0 aliphatic rings. The second-order valence-electron chi connectivity index (χ2n) is 5.41. The van der Waals surface area contributed by atoms with Gasteiger partial charge in [-0.15, -0.1) is 0 Å². The number of aliphatic hydroxyl groups excluding tert-OH is 1. The second kappa shape index (κ2) is 8.96. The summed E-state index contributed by atoms with van der Waals surface area (Å²) in [6.45, 7) is 3.13. The first-order valence-electron chi connectivity index (χ1n) is 7.90. The van der Waals surface area contributed by atoms with Crippen molar-refractivity contribution < 1.29 is 14.6 Å². The average molecular weight is 313 g/mol. The Morgan fingerprint density at radius 1 is 1.13 bits per heavy atom. The second-order valence-corrected chi connectivity index (χ2v) is 5.41. The molecule has 0 aliphatic carbocycles. The maximum Gasteiger partial charge on any atom is 0.222 e.